The van der Waals surface area contributed by atoms with E-state index in [1.807, 2.05) is 29.1 Å². The van der Waals surface area contributed by atoms with Gasteiger partial charge < -0.3 is 5.32 Å². The van der Waals surface area contributed by atoms with Gasteiger partial charge in [-0.25, -0.2) is 9.07 Å². The van der Waals surface area contributed by atoms with Crippen LogP contribution in [0.1, 0.15) is 56.0 Å². The molecule has 3 atom stereocenters. The van der Waals surface area contributed by atoms with Crippen molar-refractivity contribution in [3.63, 3.8) is 0 Å². The highest BCUT2D eigenvalue weighted by molar-refractivity contribution is 5.73. The maximum absolute atomic E-state index is 13.4. The second kappa shape index (κ2) is 8.05. The van der Waals surface area contributed by atoms with Gasteiger partial charge in [0.25, 0.3) is 0 Å². The zero-order valence-electron chi connectivity index (χ0n) is 18.5. The number of carbonyl (C=O) groups excluding carboxylic acids is 1. The van der Waals surface area contributed by atoms with Crippen LogP contribution >= 0.6 is 0 Å². The van der Waals surface area contributed by atoms with Crippen LogP contribution in [0.25, 0.3) is 11.8 Å². The summed E-state index contributed by atoms with van der Waals surface area (Å²) in [6.45, 7) is 3.96. The molecule has 1 saturated carbocycles. The molecule has 5 rings (SSSR count). The van der Waals surface area contributed by atoms with Gasteiger partial charge in [0.2, 0.25) is 5.91 Å². The minimum Gasteiger partial charge on any atom is -0.350 e. The Hall–Kier alpha value is -3.21. The molecule has 1 N–H and O–H groups in total. The molecule has 1 fully saturated rings. The lowest BCUT2D eigenvalue weighted by atomic mass is 9.68. The number of halogens is 1. The maximum Gasteiger partial charge on any atom is 0.217 e. The molecule has 2 aliphatic rings. The van der Waals surface area contributed by atoms with Gasteiger partial charge in [0.05, 0.1) is 23.6 Å². The van der Waals surface area contributed by atoms with Crippen LogP contribution < -0.4 is 5.32 Å². The van der Waals surface area contributed by atoms with E-state index < -0.39 is 0 Å². The highest BCUT2D eigenvalue weighted by Crippen LogP contribution is 2.55. The number of amides is 1. The summed E-state index contributed by atoms with van der Waals surface area (Å²) in [5, 5.41) is 7.80. The average molecular weight is 430 g/mol. The number of nitrogens with zero attached hydrogens (tertiary/aromatic N) is 2. The van der Waals surface area contributed by atoms with Crippen LogP contribution in [0.5, 0.6) is 0 Å². The molecule has 3 aromatic rings. The van der Waals surface area contributed by atoms with E-state index in [-0.39, 0.29) is 23.2 Å². The van der Waals surface area contributed by atoms with Crippen molar-refractivity contribution in [2.24, 2.45) is 11.3 Å². The summed E-state index contributed by atoms with van der Waals surface area (Å²) in [5.41, 5.74) is 5.86. The number of rotatable bonds is 5. The summed E-state index contributed by atoms with van der Waals surface area (Å²) < 4.78 is 15.3. The normalized spacial score (nSPS) is 22.6. The van der Waals surface area contributed by atoms with E-state index in [2.05, 4.69) is 35.5 Å². The average Bonchev–Trinajstić information content (AvgIpc) is 3.32. The summed E-state index contributed by atoms with van der Waals surface area (Å²) in [5.74, 6) is 0.226. The van der Waals surface area contributed by atoms with Crippen LogP contribution in [-0.2, 0) is 11.2 Å². The van der Waals surface area contributed by atoms with Crippen molar-refractivity contribution in [1.29, 1.82) is 0 Å². The molecular formula is C27H28FN3O. The molecule has 0 bridgehead atoms. The van der Waals surface area contributed by atoms with Gasteiger partial charge in [0.15, 0.2) is 0 Å². The van der Waals surface area contributed by atoms with Gasteiger partial charge in [-0.1, -0.05) is 42.8 Å². The molecule has 0 spiro atoms. The van der Waals surface area contributed by atoms with Crippen LogP contribution in [0.2, 0.25) is 0 Å². The fraction of sp³-hybridized carbons (Fsp3) is 0.333. The predicted molar refractivity (Wildman–Crippen MR) is 124 cm³/mol. The number of aromatic nitrogens is 2. The van der Waals surface area contributed by atoms with Gasteiger partial charge in [0, 0.05) is 6.92 Å². The molecule has 1 amide bonds. The smallest absolute Gasteiger partial charge is 0.217 e. The standard InChI is InChI=1S/C27H28FN3O/c1-18(32)30-25(19-6-4-3-5-7-19)14-21-8-9-22-15-26-20(16-27(21,22)2)17-29-31(26)24-12-10-23(28)11-13-24/h3-7,10-13,15,17,21,25H,8-9,14,16H2,1-2H3,(H,30,32)/t21-,25-,27-/m1/s1. The molecule has 4 nitrogen and oxygen atoms in total. The highest BCUT2D eigenvalue weighted by atomic mass is 19.1. The molecule has 2 aliphatic carbocycles. The molecule has 1 aromatic heterocycles. The zero-order valence-corrected chi connectivity index (χ0v) is 18.5. The molecule has 5 heteroatoms. The van der Waals surface area contributed by atoms with Crippen molar-refractivity contribution in [3.8, 4) is 5.69 Å². The minimum atomic E-state index is -0.244. The minimum absolute atomic E-state index is 0.00396. The number of benzene rings is 2. The van der Waals surface area contributed by atoms with Gasteiger partial charge >= 0.3 is 0 Å². The Bertz CT molecular complexity index is 1170. The predicted octanol–water partition coefficient (Wildman–Crippen LogP) is 5.63. The van der Waals surface area contributed by atoms with E-state index >= 15 is 0 Å². The third kappa shape index (κ3) is 3.66. The second-order valence-corrected chi connectivity index (χ2v) is 9.34. The number of allylic oxidation sites excluding steroid dienone is 1. The molecule has 164 valence electrons. The van der Waals surface area contributed by atoms with E-state index in [4.69, 9.17) is 0 Å². The largest absolute Gasteiger partial charge is 0.350 e. The van der Waals surface area contributed by atoms with Crippen LogP contribution in [-0.4, -0.2) is 15.7 Å². The van der Waals surface area contributed by atoms with Gasteiger partial charge in [-0.05, 0) is 78.5 Å². The quantitative estimate of drug-likeness (QED) is 0.571. The lowest BCUT2D eigenvalue weighted by molar-refractivity contribution is -0.119. The third-order valence-electron chi connectivity index (χ3n) is 7.32. The summed E-state index contributed by atoms with van der Waals surface area (Å²) in [6, 6.07) is 16.8. The second-order valence-electron chi connectivity index (χ2n) is 9.34. The Balaban J connectivity index is 1.43. The fourth-order valence-corrected chi connectivity index (χ4v) is 5.59. The number of hydrogen-bond acceptors (Lipinski definition) is 2. The Labute approximate surface area is 188 Å². The zero-order chi connectivity index (χ0) is 22.3. The first-order valence-electron chi connectivity index (χ1n) is 11.3. The van der Waals surface area contributed by atoms with Crippen molar-refractivity contribution < 1.29 is 9.18 Å². The summed E-state index contributed by atoms with van der Waals surface area (Å²) in [6.07, 6.45) is 8.26. The van der Waals surface area contributed by atoms with Gasteiger partial charge in [-0.15, -0.1) is 0 Å². The van der Waals surface area contributed by atoms with Crippen molar-refractivity contribution >= 4 is 12.0 Å². The van der Waals surface area contributed by atoms with Gasteiger partial charge in [-0.2, -0.15) is 5.10 Å². The number of carbonyl (C=O) groups is 1. The number of fused-ring (bicyclic) bond motifs is 2. The maximum atomic E-state index is 13.4. The van der Waals surface area contributed by atoms with E-state index in [9.17, 15) is 9.18 Å². The van der Waals surface area contributed by atoms with Crippen LogP contribution in [0, 0.1) is 17.2 Å². The molecule has 0 saturated heterocycles. The van der Waals surface area contributed by atoms with E-state index in [1.54, 1.807) is 19.1 Å². The Morgan fingerprint density at radius 2 is 1.97 bits per heavy atom. The molecule has 1 heterocycles. The van der Waals surface area contributed by atoms with Gasteiger partial charge in [-0.3, -0.25) is 4.79 Å². The number of hydrogen-bond donors (Lipinski definition) is 1. The Morgan fingerprint density at radius 3 is 2.69 bits per heavy atom. The first-order valence-corrected chi connectivity index (χ1v) is 11.3. The summed E-state index contributed by atoms with van der Waals surface area (Å²) in [4.78, 5) is 11.9. The van der Waals surface area contributed by atoms with Crippen LogP contribution in [0.3, 0.4) is 0 Å². The molecule has 0 aliphatic heterocycles. The van der Waals surface area contributed by atoms with Crippen LogP contribution in [0.4, 0.5) is 4.39 Å². The molecule has 32 heavy (non-hydrogen) atoms. The Kier molecular flexibility index (Phi) is 5.20. The molecular weight excluding hydrogens is 401 g/mol. The van der Waals surface area contributed by atoms with Gasteiger partial charge in [0.1, 0.15) is 5.82 Å². The van der Waals surface area contributed by atoms with E-state index in [0.29, 0.717) is 5.92 Å². The van der Waals surface area contributed by atoms with Crippen molar-refractivity contribution in [2.75, 3.05) is 0 Å². The highest BCUT2D eigenvalue weighted by Gasteiger charge is 2.46. The SMILES string of the molecule is CC(=O)N[C@H](C[C@H]1CCC2=Cc3c(cnn3-c3ccc(F)cc3)C[C@@]21C)c1ccccc1. The monoisotopic (exact) mass is 429 g/mol. The molecule has 2 aromatic carbocycles. The van der Waals surface area contributed by atoms with E-state index in [1.165, 1.54) is 23.3 Å². The first kappa shape index (κ1) is 20.7. The third-order valence-corrected chi connectivity index (χ3v) is 7.32. The fourth-order valence-electron chi connectivity index (χ4n) is 5.59. The van der Waals surface area contributed by atoms with Crippen molar-refractivity contribution in [3.05, 3.63) is 89.0 Å². The van der Waals surface area contributed by atoms with Crippen LogP contribution in [0.15, 0.2) is 66.4 Å². The lowest BCUT2D eigenvalue weighted by Crippen LogP contribution is -2.34. The summed E-state index contributed by atoms with van der Waals surface area (Å²) >= 11 is 0. The number of nitrogens with one attached hydrogen (secondary N) is 1. The lowest BCUT2D eigenvalue weighted by Gasteiger charge is -2.37. The van der Waals surface area contributed by atoms with E-state index in [0.717, 1.165) is 42.6 Å². The molecule has 0 radical (unpaired) electrons. The topological polar surface area (TPSA) is 46.9 Å². The van der Waals surface area contributed by atoms with Crippen molar-refractivity contribution in [2.45, 2.75) is 45.6 Å². The Morgan fingerprint density at radius 1 is 1.22 bits per heavy atom. The summed E-state index contributed by atoms with van der Waals surface area (Å²) in [7, 11) is 0. The van der Waals surface area contributed by atoms with Crippen molar-refractivity contribution in [1.82, 2.24) is 15.1 Å². The first-order chi connectivity index (χ1) is 15.4. The molecule has 0 unspecified atom stereocenters.